The van der Waals surface area contributed by atoms with Crippen molar-refractivity contribution in [3.8, 4) is 11.9 Å². The summed E-state index contributed by atoms with van der Waals surface area (Å²) >= 11 is 0. The fraction of sp³-hybridized carbons (Fsp3) is 0. The molecule has 0 aromatic carbocycles. The van der Waals surface area contributed by atoms with Gasteiger partial charge in [0.15, 0.2) is 11.6 Å². The predicted octanol–water partition coefficient (Wildman–Crippen LogP) is 0.629. The van der Waals surface area contributed by atoms with Crippen molar-refractivity contribution in [2.24, 2.45) is 0 Å². The first-order valence-corrected chi connectivity index (χ1v) is 4.48. The van der Waals surface area contributed by atoms with Crippen LogP contribution in [0.5, 0.6) is 0 Å². The Morgan fingerprint density at radius 2 is 2.29 bits per heavy atom. The number of hydrogen-bond acceptors (Lipinski definition) is 6. The van der Waals surface area contributed by atoms with Crippen LogP contribution in [0.25, 0.3) is 5.82 Å². The van der Waals surface area contributed by atoms with Gasteiger partial charge < -0.3 is 5.73 Å². The third kappa shape index (κ3) is 1.89. The Hall–Kier alpha value is -2.95. The molecule has 0 spiro atoms. The van der Waals surface area contributed by atoms with Gasteiger partial charge in [-0.3, -0.25) is 10.1 Å². The van der Waals surface area contributed by atoms with Crippen LogP contribution in [0.2, 0.25) is 0 Å². The summed E-state index contributed by atoms with van der Waals surface area (Å²) in [6, 6.07) is 4.59. The summed E-state index contributed by atoms with van der Waals surface area (Å²) < 4.78 is 1.29. The summed E-state index contributed by atoms with van der Waals surface area (Å²) in [7, 11) is 0. The monoisotopic (exact) mass is 230 g/mol. The van der Waals surface area contributed by atoms with E-state index in [0.29, 0.717) is 5.82 Å². The number of nitriles is 1. The minimum Gasteiger partial charge on any atom is -0.381 e. The van der Waals surface area contributed by atoms with Gasteiger partial charge >= 0.3 is 0 Å². The van der Waals surface area contributed by atoms with E-state index in [1.54, 1.807) is 0 Å². The molecule has 17 heavy (non-hydrogen) atoms. The summed E-state index contributed by atoms with van der Waals surface area (Å²) in [5.41, 5.74) is 5.59. The second-order valence-corrected chi connectivity index (χ2v) is 3.12. The SMILES string of the molecule is N#Cc1cn(-c2ccc([N+](=O)[O-])cn2)nc1N. The zero-order chi connectivity index (χ0) is 12.4. The van der Waals surface area contributed by atoms with Gasteiger partial charge in [0, 0.05) is 6.07 Å². The fourth-order valence-corrected chi connectivity index (χ4v) is 1.21. The first-order chi connectivity index (χ1) is 8.11. The van der Waals surface area contributed by atoms with Gasteiger partial charge in [-0.2, -0.15) is 5.26 Å². The lowest BCUT2D eigenvalue weighted by atomic mass is 10.4. The molecule has 2 N–H and O–H groups in total. The minimum absolute atomic E-state index is 0.0904. The van der Waals surface area contributed by atoms with Gasteiger partial charge in [0.25, 0.3) is 5.69 Å². The van der Waals surface area contributed by atoms with Crippen LogP contribution in [0.15, 0.2) is 24.5 Å². The van der Waals surface area contributed by atoms with Crippen molar-refractivity contribution in [2.75, 3.05) is 5.73 Å². The molecule has 2 heterocycles. The van der Waals surface area contributed by atoms with E-state index >= 15 is 0 Å². The van der Waals surface area contributed by atoms with Crippen LogP contribution in [0.4, 0.5) is 11.5 Å². The molecule has 8 heteroatoms. The van der Waals surface area contributed by atoms with Gasteiger partial charge in [-0.1, -0.05) is 0 Å². The first kappa shape index (κ1) is 10.6. The number of rotatable bonds is 2. The molecule has 84 valence electrons. The van der Waals surface area contributed by atoms with E-state index in [0.717, 1.165) is 6.20 Å². The molecule has 0 aliphatic rings. The van der Waals surface area contributed by atoms with Gasteiger partial charge in [-0.05, 0) is 6.07 Å². The molecule has 0 aliphatic heterocycles. The number of nitrogen functional groups attached to an aromatic ring is 1. The summed E-state index contributed by atoms with van der Waals surface area (Å²) in [6.07, 6.45) is 2.52. The number of pyridine rings is 1. The normalized spacial score (nSPS) is 9.82. The van der Waals surface area contributed by atoms with Gasteiger partial charge in [-0.15, -0.1) is 5.10 Å². The van der Waals surface area contributed by atoms with E-state index in [-0.39, 0.29) is 17.1 Å². The minimum atomic E-state index is -0.547. The van der Waals surface area contributed by atoms with Crippen LogP contribution in [0.3, 0.4) is 0 Å². The lowest BCUT2D eigenvalue weighted by Crippen LogP contribution is -1.99. The van der Waals surface area contributed by atoms with Crippen LogP contribution < -0.4 is 5.73 Å². The highest BCUT2D eigenvalue weighted by Gasteiger charge is 2.09. The van der Waals surface area contributed by atoms with Crippen molar-refractivity contribution in [2.45, 2.75) is 0 Å². The Labute approximate surface area is 95.1 Å². The molecule has 0 saturated carbocycles. The number of anilines is 1. The van der Waals surface area contributed by atoms with Crippen LogP contribution in [0, 0.1) is 21.4 Å². The second kappa shape index (κ2) is 3.90. The Balaban J connectivity index is 2.40. The highest BCUT2D eigenvalue weighted by molar-refractivity contribution is 5.48. The smallest absolute Gasteiger partial charge is 0.287 e. The van der Waals surface area contributed by atoms with Gasteiger partial charge in [0.2, 0.25) is 0 Å². The molecule has 8 nitrogen and oxygen atoms in total. The molecule has 0 saturated heterocycles. The molecule has 0 atom stereocenters. The predicted molar refractivity (Wildman–Crippen MR) is 57.1 cm³/mol. The number of nitrogens with zero attached hydrogens (tertiary/aromatic N) is 5. The standard InChI is InChI=1S/C9H6N6O2/c10-3-6-5-14(13-9(6)11)8-2-1-7(4-12-8)15(16)17/h1-2,4-5H,(H2,11,13). The Bertz CT molecular complexity index is 609. The molecule has 0 radical (unpaired) electrons. The molecule has 2 aromatic rings. The van der Waals surface area contributed by atoms with Gasteiger partial charge in [0.05, 0.1) is 11.1 Å². The largest absolute Gasteiger partial charge is 0.381 e. The molecule has 0 unspecified atom stereocenters. The van der Waals surface area contributed by atoms with Gasteiger partial charge in [0.1, 0.15) is 17.8 Å². The summed E-state index contributed by atoms with van der Waals surface area (Å²) in [6.45, 7) is 0. The third-order valence-corrected chi connectivity index (χ3v) is 2.04. The highest BCUT2D eigenvalue weighted by atomic mass is 16.6. The molecular formula is C9H6N6O2. The highest BCUT2D eigenvalue weighted by Crippen LogP contribution is 2.14. The molecular weight excluding hydrogens is 224 g/mol. The van der Waals surface area contributed by atoms with E-state index in [9.17, 15) is 10.1 Å². The molecule has 0 amide bonds. The van der Waals surface area contributed by atoms with Crippen LogP contribution in [0.1, 0.15) is 5.56 Å². The van der Waals surface area contributed by atoms with Crippen molar-refractivity contribution >= 4 is 11.5 Å². The number of nitrogens with two attached hydrogens (primary N) is 1. The van der Waals surface area contributed by atoms with Crippen LogP contribution in [-0.2, 0) is 0 Å². The Morgan fingerprint density at radius 1 is 1.53 bits per heavy atom. The second-order valence-electron chi connectivity index (χ2n) is 3.12. The van der Waals surface area contributed by atoms with Crippen LogP contribution >= 0.6 is 0 Å². The fourth-order valence-electron chi connectivity index (χ4n) is 1.21. The van der Waals surface area contributed by atoms with E-state index in [2.05, 4.69) is 10.1 Å². The van der Waals surface area contributed by atoms with Crippen molar-refractivity contribution in [1.29, 1.82) is 5.26 Å². The molecule has 0 fully saturated rings. The maximum absolute atomic E-state index is 10.4. The van der Waals surface area contributed by atoms with Crippen LogP contribution in [-0.4, -0.2) is 19.7 Å². The van der Waals surface area contributed by atoms with Gasteiger partial charge in [-0.25, -0.2) is 9.67 Å². The van der Waals surface area contributed by atoms with Crippen molar-refractivity contribution in [3.63, 3.8) is 0 Å². The quantitative estimate of drug-likeness (QED) is 0.595. The number of aromatic nitrogens is 3. The molecule has 0 bridgehead atoms. The number of nitro groups is 1. The lowest BCUT2D eigenvalue weighted by molar-refractivity contribution is -0.385. The van der Waals surface area contributed by atoms with E-state index < -0.39 is 4.92 Å². The molecule has 2 rings (SSSR count). The lowest BCUT2D eigenvalue weighted by Gasteiger charge is -1.98. The summed E-state index contributed by atoms with van der Waals surface area (Å²) in [5.74, 6) is 0.441. The summed E-state index contributed by atoms with van der Waals surface area (Å²) in [4.78, 5) is 13.7. The Morgan fingerprint density at radius 3 is 2.76 bits per heavy atom. The van der Waals surface area contributed by atoms with E-state index in [1.165, 1.54) is 23.0 Å². The first-order valence-electron chi connectivity index (χ1n) is 4.48. The zero-order valence-electron chi connectivity index (χ0n) is 8.44. The maximum Gasteiger partial charge on any atom is 0.287 e. The average molecular weight is 230 g/mol. The third-order valence-electron chi connectivity index (χ3n) is 2.04. The zero-order valence-corrected chi connectivity index (χ0v) is 8.44. The number of hydrogen-bond donors (Lipinski definition) is 1. The Kier molecular flexibility index (Phi) is 2.42. The maximum atomic E-state index is 10.4. The van der Waals surface area contributed by atoms with Crippen molar-refractivity contribution < 1.29 is 4.92 Å². The molecule has 0 aliphatic carbocycles. The van der Waals surface area contributed by atoms with Crippen molar-refractivity contribution in [1.82, 2.24) is 14.8 Å². The molecule has 2 aromatic heterocycles. The van der Waals surface area contributed by atoms with Crippen molar-refractivity contribution in [3.05, 3.63) is 40.2 Å². The topological polar surface area (TPSA) is 124 Å². The average Bonchev–Trinajstić information content (AvgIpc) is 2.70. The summed E-state index contributed by atoms with van der Waals surface area (Å²) in [5, 5.41) is 23.0. The van der Waals surface area contributed by atoms with E-state index in [1.807, 2.05) is 6.07 Å². The van der Waals surface area contributed by atoms with E-state index in [4.69, 9.17) is 11.0 Å².